The van der Waals surface area contributed by atoms with Crippen LogP contribution in [0, 0.1) is 0 Å². The largest absolute Gasteiger partial charge is 0.327 e. The number of likely N-dealkylation sites (N-methyl/N-ethyl adjacent to an activating group) is 1. The van der Waals surface area contributed by atoms with Crippen molar-refractivity contribution in [1.29, 1.82) is 0 Å². The van der Waals surface area contributed by atoms with E-state index in [1.54, 1.807) is 0 Å². The monoisotopic (exact) mass is 275 g/mol. The van der Waals surface area contributed by atoms with Crippen LogP contribution in [0.3, 0.4) is 0 Å². The fraction of sp³-hybridized carbons (Fsp3) is 0.562. The van der Waals surface area contributed by atoms with E-state index in [0.29, 0.717) is 6.67 Å². The molecule has 1 aliphatic rings. The Morgan fingerprint density at radius 3 is 2.80 bits per heavy atom. The highest BCUT2D eigenvalue weighted by Crippen LogP contribution is 2.11. The molecule has 0 saturated carbocycles. The van der Waals surface area contributed by atoms with Crippen LogP contribution in [0.15, 0.2) is 30.3 Å². The number of nitrogens with one attached hydrogen (secondary N) is 1. The van der Waals surface area contributed by atoms with E-state index in [2.05, 4.69) is 36.3 Å². The Labute approximate surface area is 121 Å². The van der Waals surface area contributed by atoms with Crippen LogP contribution < -0.4 is 5.32 Å². The minimum absolute atomic E-state index is 0.0119. The first-order chi connectivity index (χ1) is 9.70. The predicted molar refractivity (Wildman–Crippen MR) is 81.4 cm³/mol. The number of carbonyl (C=O) groups is 1. The maximum absolute atomic E-state index is 12.3. The van der Waals surface area contributed by atoms with Crippen LogP contribution in [-0.4, -0.2) is 55.1 Å². The molecule has 1 fully saturated rings. The van der Waals surface area contributed by atoms with E-state index < -0.39 is 0 Å². The zero-order valence-electron chi connectivity index (χ0n) is 12.5. The Kier molecular flexibility index (Phi) is 5.56. The van der Waals surface area contributed by atoms with E-state index >= 15 is 0 Å². The molecule has 1 saturated heterocycles. The summed E-state index contributed by atoms with van der Waals surface area (Å²) in [6.07, 6.45) is 1.83. The third-order valence-electron chi connectivity index (χ3n) is 3.99. The van der Waals surface area contributed by atoms with Crippen molar-refractivity contribution in [3.63, 3.8) is 0 Å². The van der Waals surface area contributed by atoms with Crippen molar-refractivity contribution >= 4 is 5.91 Å². The van der Waals surface area contributed by atoms with Crippen LogP contribution in [0.25, 0.3) is 0 Å². The average molecular weight is 275 g/mol. The smallest absolute Gasteiger partial charge is 0.240 e. The van der Waals surface area contributed by atoms with Gasteiger partial charge >= 0.3 is 0 Å². The molecular formula is C16H25N3O. The van der Waals surface area contributed by atoms with Crippen LogP contribution in [0.1, 0.15) is 18.9 Å². The zero-order chi connectivity index (χ0) is 14.4. The quantitative estimate of drug-likeness (QED) is 0.815. The van der Waals surface area contributed by atoms with Gasteiger partial charge < -0.3 is 9.80 Å². The fourth-order valence-electron chi connectivity index (χ4n) is 2.43. The van der Waals surface area contributed by atoms with Crippen LogP contribution >= 0.6 is 0 Å². The minimum atomic E-state index is -0.0119. The highest BCUT2D eigenvalue weighted by atomic mass is 16.2. The molecule has 0 aromatic heterocycles. The number of rotatable bonds is 7. The van der Waals surface area contributed by atoms with Gasteiger partial charge in [-0.15, -0.1) is 0 Å². The summed E-state index contributed by atoms with van der Waals surface area (Å²) >= 11 is 0. The van der Waals surface area contributed by atoms with Crippen LogP contribution in [0.4, 0.5) is 0 Å². The van der Waals surface area contributed by atoms with Crippen molar-refractivity contribution in [2.24, 2.45) is 0 Å². The number of carbonyl (C=O) groups excluding carboxylic acids is 1. The van der Waals surface area contributed by atoms with Gasteiger partial charge in [0.25, 0.3) is 0 Å². The van der Waals surface area contributed by atoms with E-state index in [1.165, 1.54) is 5.56 Å². The maximum Gasteiger partial charge on any atom is 0.240 e. The van der Waals surface area contributed by atoms with Gasteiger partial charge in [-0.05, 0) is 32.0 Å². The molecule has 0 aliphatic carbocycles. The molecule has 20 heavy (non-hydrogen) atoms. The SMILES string of the molecule is CCN(C)CCN1CNC(CCc2ccccc2)C1=O. The molecule has 0 bridgehead atoms. The summed E-state index contributed by atoms with van der Waals surface area (Å²) in [5.41, 5.74) is 1.30. The van der Waals surface area contributed by atoms with Crippen molar-refractivity contribution in [1.82, 2.24) is 15.1 Å². The Morgan fingerprint density at radius 2 is 2.10 bits per heavy atom. The second-order valence-electron chi connectivity index (χ2n) is 5.44. The van der Waals surface area contributed by atoms with Crippen molar-refractivity contribution in [2.75, 3.05) is 33.4 Å². The Balaban J connectivity index is 1.76. The highest BCUT2D eigenvalue weighted by Gasteiger charge is 2.30. The molecule has 1 aliphatic heterocycles. The van der Waals surface area contributed by atoms with Gasteiger partial charge in [-0.1, -0.05) is 37.3 Å². The van der Waals surface area contributed by atoms with Gasteiger partial charge in [-0.2, -0.15) is 0 Å². The number of hydrogen-bond acceptors (Lipinski definition) is 3. The zero-order valence-corrected chi connectivity index (χ0v) is 12.5. The van der Waals surface area contributed by atoms with Gasteiger partial charge in [-0.3, -0.25) is 10.1 Å². The van der Waals surface area contributed by atoms with E-state index in [4.69, 9.17) is 0 Å². The lowest BCUT2D eigenvalue weighted by Gasteiger charge is -2.20. The second-order valence-corrected chi connectivity index (χ2v) is 5.44. The molecule has 1 aromatic rings. The molecule has 1 unspecified atom stereocenters. The number of benzene rings is 1. The van der Waals surface area contributed by atoms with Gasteiger partial charge in [-0.25, -0.2) is 0 Å². The highest BCUT2D eigenvalue weighted by molar-refractivity contribution is 5.83. The van der Waals surface area contributed by atoms with Crippen molar-refractivity contribution in [2.45, 2.75) is 25.8 Å². The molecule has 1 heterocycles. The lowest BCUT2D eigenvalue weighted by Crippen LogP contribution is -2.36. The minimum Gasteiger partial charge on any atom is -0.327 e. The molecule has 1 amide bonds. The van der Waals surface area contributed by atoms with Crippen molar-refractivity contribution < 1.29 is 4.79 Å². The first kappa shape index (κ1) is 15.0. The number of hydrogen-bond donors (Lipinski definition) is 1. The summed E-state index contributed by atoms with van der Waals surface area (Å²) in [5, 5.41) is 3.33. The van der Waals surface area contributed by atoms with Crippen molar-refractivity contribution in [3.05, 3.63) is 35.9 Å². The molecule has 1 atom stereocenters. The lowest BCUT2D eigenvalue weighted by atomic mass is 10.1. The molecule has 2 rings (SSSR count). The Morgan fingerprint density at radius 1 is 1.35 bits per heavy atom. The number of aryl methyl sites for hydroxylation is 1. The third kappa shape index (κ3) is 4.05. The van der Waals surface area contributed by atoms with E-state index in [9.17, 15) is 4.79 Å². The van der Waals surface area contributed by atoms with Gasteiger partial charge in [0.05, 0.1) is 12.7 Å². The van der Waals surface area contributed by atoms with Gasteiger partial charge in [0.2, 0.25) is 5.91 Å². The van der Waals surface area contributed by atoms with Gasteiger partial charge in [0.15, 0.2) is 0 Å². The number of amides is 1. The molecule has 1 aromatic carbocycles. The van der Waals surface area contributed by atoms with Crippen LogP contribution in [-0.2, 0) is 11.2 Å². The molecule has 0 radical (unpaired) electrons. The maximum atomic E-state index is 12.3. The van der Waals surface area contributed by atoms with Gasteiger partial charge in [0.1, 0.15) is 0 Å². The molecule has 1 N–H and O–H groups in total. The normalized spacial score (nSPS) is 19.1. The Bertz CT molecular complexity index is 421. The average Bonchev–Trinajstić information content (AvgIpc) is 2.84. The van der Waals surface area contributed by atoms with Crippen LogP contribution in [0.2, 0.25) is 0 Å². The summed E-state index contributed by atoms with van der Waals surface area (Å²) in [7, 11) is 2.08. The third-order valence-corrected chi connectivity index (χ3v) is 3.99. The van der Waals surface area contributed by atoms with E-state index in [0.717, 1.165) is 32.5 Å². The summed E-state index contributed by atoms with van der Waals surface area (Å²) in [4.78, 5) is 16.4. The molecular weight excluding hydrogens is 250 g/mol. The summed E-state index contributed by atoms with van der Waals surface area (Å²) in [6, 6.07) is 10.3. The fourth-order valence-corrected chi connectivity index (χ4v) is 2.43. The first-order valence-corrected chi connectivity index (χ1v) is 7.45. The molecule has 4 nitrogen and oxygen atoms in total. The standard InChI is InChI=1S/C16H25N3O/c1-3-18(2)11-12-19-13-17-15(16(19)20)10-9-14-7-5-4-6-8-14/h4-8,15,17H,3,9-13H2,1-2H3. The second kappa shape index (κ2) is 7.41. The molecule has 0 spiro atoms. The summed E-state index contributed by atoms with van der Waals surface area (Å²) < 4.78 is 0. The number of nitrogens with zero attached hydrogens (tertiary/aromatic N) is 2. The first-order valence-electron chi connectivity index (χ1n) is 7.45. The topological polar surface area (TPSA) is 35.6 Å². The van der Waals surface area contributed by atoms with E-state index in [-0.39, 0.29) is 11.9 Å². The lowest BCUT2D eigenvalue weighted by molar-refractivity contribution is -0.129. The van der Waals surface area contributed by atoms with E-state index in [1.807, 2.05) is 23.1 Å². The van der Waals surface area contributed by atoms with Gasteiger partial charge in [0, 0.05) is 13.1 Å². The van der Waals surface area contributed by atoms with Crippen LogP contribution in [0.5, 0.6) is 0 Å². The van der Waals surface area contributed by atoms with Crippen molar-refractivity contribution in [3.8, 4) is 0 Å². The summed E-state index contributed by atoms with van der Waals surface area (Å²) in [6.45, 7) is 5.60. The summed E-state index contributed by atoms with van der Waals surface area (Å²) in [5.74, 6) is 0.255. The predicted octanol–water partition coefficient (Wildman–Crippen LogP) is 1.33. The Hall–Kier alpha value is -1.39. The molecule has 110 valence electrons. The molecule has 4 heteroatoms.